The predicted octanol–water partition coefficient (Wildman–Crippen LogP) is 2.36. The highest BCUT2D eigenvalue weighted by Crippen LogP contribution is 2.29. The van der Waals surface area contributed by atoms with Crippen LogP contribution in [-0.2, 0) is 9.84 Å². The second-order valence-corrected chi connectivity index (χ2v) is 7.13. The number of hydrogen-bond donors (Lipinski definition) is 1. The van der Waals surface area contributed by atoms with E-state index in [4.69, 9.17) is 9.84 Å². The Bertz CT molecular complexity index is 600. The first-order valence-corrected chi connectivity index (χ1v) is 8.23. The third kappa shape index (κ3) is 3.12. The van der Waals surface area contributed by atoms with Crippen molar-refractivity contribution in [3.63, 3.8) is 0 Å². The lowest BCUT2D eigenvalue weighted by atomic mass is 10.1. The van der Waals surface area contributed by atoms with Crippen LogP contribution in [0.4, 0.5) is 0 Å². The summed E-state index contributed by atoms with van der Waals surface area (Å²) in [6.07, 6.45) is 4.01. The first-order chi connectivity index (χ1) is 9.44. The molecule has 1 saturated carbocycles. The number of rotatable bonds is 5. The van der Waals surface area contributed by atoms with Crippen molar-refractivity contribution in [2.45, 2.75) is 30.6 Å². The van der Waals surface area contributed by atoms with Gasteiger partial charge in [0.15, 0.2) is 9.84 Å². The highest BCUT2D eigenvalue weighted by molar-refractivity contribution is 7.91. The van der Waals surface area contributed by atoms with E-state index in [1.807, 2.05) is 0 Å². The van der Waals surface area contributed by atoms with Crippen molar-refractivity contribution < 1.29 is 23.1 Å². The topological polar surface area (TPSA) is 80.7 Å². The van der Waals surface area contributed by atoms with Crippen molar-refractivity contribution in [3.05, 3.63) is 23.8 Å². The summed E-state index contributed by atoms with van der Waals surface area (Å²) in [6.45, 7) is 0. The van der Waals surface area contributed by atoms with E-state index in [0.29, 0.717) is 0 Å². The average Bonchev–Trinajstić information content (AvgIpc) is 2.89. The van der Waals surface area contributed by atoms with Gasteiger partial charge < -0.3 is 9.84 Å². The molecule has 0 aromatic heterocycles. The standard InChI is InChI=1S/C14H18O5S/c1-19-13-7-6-11(8-12(13)14(15)16)20(17,18)9-10-4-2-3-5-10/h6-8,10H,2-5,9H2,1H3,(H,15,16). The molecule has 0 heterocycles. The molecule has 1 aromatic carbocycles. The number of hydrogen-bond acceptors (Lipinski definition) is 4. The highest BCUT2D eigenvalue weighted by Gasteiger charge is 2.25. The van der Waals surface area contributed by atoms with Crippen LogP contribution in [0.25, 0.3) is 0 Å². The van der Waals surface area contributed by atoms with E-state index >= 15 is 0 Å². The molecule has 1 N–H and O–H groups in total. The first-order valence-electron chi connectivity index (χ1n) is 6.58. The molecular formula is C14H18O5S. The van der Waals surface area contributed by atoms with Gasteiger partial charge in [0.2, 0.25) is 0 Å². The van der Waals surface area contributed by atoms with Crippen LogP contribution in [0.15, 0.2) is 23.1 Å². The summed E-state index contributed by atoms with van der Waals surface area (Å²) >= 11 is 0. The maximum Gasteiger partial charge on any atom is 0.339 e. The molecule has 0 aliphatic heterocycles. The molecule has 1 aromatic rings. The number of benzene rings is 1. The van der Waals surface area contributed by atoms with Gasteiger partial charge in [-0.15, -0.1) is 0 Å². The van der Waals surface area contributed by atoms with Crippen LogP contribution in [0, 0.1) is 5.92 Å². The molecule has 6 heteroatoms. The number of carboxylic acids is 1. The Hall–Kier alpha value is -1.56. The van der Waals surface area contributed by atoms with E-state index in [0.717, 1.165) is 25.7 Å². The quantitative estimate of drug-likeness (QED) is 0.902. The third-order valence-corrected chi connectivity index (χ3v) is 5.57. The molecule has 0 saturated heterocycles. The zero-order valence-corrected chi connectivity index (χ0v) is 12.1. The van der Waals surface area contributed by atoms with Crippen molar-refractivity contribution in [3.8, 4) is 5.75 Å². The maximum absolute atomic E-state index is 12.3. The molecule has 0 amide bonds. The van der Waals surface area contributed by atoms with Gasteiger partial charge in [0, 0.05) is 0 Å². The van der Waals surface area contributed by atoms with Crippen LogP contribution in [0.1, 0.15) is 36.0 Å². The minimum atomic E-state index is -3.44. The van der Waals surface area contributed by atoms with Gasteiger partial charge in [-0.05, 0) is 37.0 Å². The Morgan fingerprint density at radius 2 is 2.00 bits per heavy atom. The smallest absolute Gasteiger partial charge is 0.339 e. The van der Waals surface area contributed by atoms with Gasteiger partial charge in [-0.1, -0.05) is 12.8 Å². The maximum atomic E-state index is 12.3. The van der Waals surface area contributed by atoms with Gasteiger partial charge >= 0.3 is 5.97 Å². The van der Waals surface area contributed by atoms with Crippen LogP contribution in [-0.4, -0.2) is 32.4 Å². The number of ether oxygens (including phenoxy) is 1. The molecule has 0 spiro atoms. The van der Waals surface area contributed by atoms with Gasteiger partial charge in [-0.3, -0.25) is 0 Å². The summed E-state index contributed by atoms with van der Waals surface area (Å²) in [5, 5.41) is 9.10. The van der Waals surface area contributed by atoms with Crippen molar-refractivity contribution in [1.29, 1.82) is 0 Å². The van der Waals surface area contributed by atoms with Crippen LogP contribution in [0.5, 0.6) is 5.75 Å². The minimum Gasteiger partial charge on any atom is -0.496 e. The fourth-order valence-electron chi connectivity index (χ4n) is 2.63. The van der Waals surface area contributed by atoms with E-state index < -0.39 is 15.8 Å². The van der Waals surface area contributed by atoms with Gasteiger partial charge in [0.05, 0.1) is 17.8 Å². The molecular weight excluding hydrogens is 280 g/mol. The largest absolute Gasteiger partial charge is 0.496 e. The lowest BCUT2D eigenvalue weighted by molar-refractivity contribution is 0.0693. The van der Waals surface area contributed by atoms with Crippen LogP contribution in [0.3, 0.4) is 0 Å². The average molecular weight is 298 g/mol. The van der Waals surface area contributed by atoms with Crippen LogP contribution >= 0.6 is 0 Å². The predicted molar refractivity (Wildman–Crippen MR) is 74.0 cm³/mol. The summed E-state index contributed by atoms with van der Waals surface area (Å²) in [6, 6.07) is 3.99. The minimum absolute atomic E-state index is 0.0580. The van der Waals surface area contributed by atoms with Crippen molar-refractivity contribution in [2.24, 2.45) is 5.92 Å². The molecule has 5 nitrogen and oxygen atoms in total. The molecule has 0 unspecified atom stereocenters. The number of sulfone groups is 1. The molecule has 0 radical (unpaired) electrons. The molecule has 2 rings (SSSR count). The van der Waals surface area contributed by atoms with E-state index in [2.05, 4.69) is 0 Å². The zero-order valence-electron chi connectivity index (χ0n) is 11.3. The van der Waals surface area contributed by atoms with Gasteiger partial charge in [0.1, 0.15) is 11.3 Å². The van der Waals surface area contributed by atoms with E-state index in [9.17, 15) is 13.2 Å². The first kappa shape index (κ1) is 14.8. The fraction of sp³-hybridized carbons (Fsp3) is 0.500. The molecule has 20 heavy (non-hydrogen) atoms. The van der Waals surface area contributed by atoms with Crippen LogP contribution < -0.4 is 4.74 Å². The third-order valence-electron chi connectivity index (χ3n) is 3.69. The monoisotopic (exact) mass is 298 g/mol. The summed E-state index contributed by atoms with van der Waals surface area (Å²) in [5.74, 6) is -0.745. The molecule has 1 aliphatic carbocycles. The van der Waals surface area contributed by atoms with Gasteiger partial charge in [-0.25, -0.2) is 13.2 Å². The number of aromatic carboxylic acids is 1. The molecule has 0 bridgehead atoms. The Kier molecular flexibility index (Phi) is 4.32. The highest BCUT2D eigenvalue weighted by atomic mass is 32.2. The van der Waals surface area contributed by atoms with Crippen molar-refractivity contribution >= 4 is 15.8 Å². The SMILES string of the molecule is COc1ccc(S(=O)(=O)CC2CCCC2)cc1C(=O)O. The molecule has 0 atom stereocenters. The Morgan fingerprint density at radius 3 is 2.55 bits per heavy atom. The number of carbonyl (C=O) groups is 1. The van der Waals surface area contributed by atoms with Gasteiger partial charge in [-0.2, -0.15) is 0 Å². The summed E-state index contributed by atoms with van der Waals surface area (Å²) < 4.78 is 29.6. The second kappa shape index (κ2) is 5.83. The number of carboxylic acid groups (broad SMARTS) is 1. The fourth-order valence-corrected chi connectivity index (χ4v) is 4.35. The zero-order chi connectivity index (χ0) is 14.8. The summed E-state index contributed by atoms with van der Waals surface area (Å²) in [4.78, 5) is 11.2. The van der Waals surface area contributed by atoms with E-state index in [-0.39, 0.29) is 27.9 Å². The normalized spacial score (nSPS) is 16.2. The Morgan fingerprint density at radius 1 is 1.35 bits per heavy atom. The Labute approximate surface area is 118 Å². The molecule has 1 aliphatic rings. The van der Waals surface area contributed by atoms with E-state index in [1.165, 1.54) is 25.3 Å². The second-order valence-electron chi connectivity index (χ2n) is 5.10. The summed E-state index contributed by atoms with van der Waals surface area (Å²) in [7, 11) is -2.09. The van der Waals surface area contributed by atoms with E-state index in [1.54, 1.807) is 0 Å². The molecule has 1 fully saturated rings. The van der Waals surface area contributed by atoms with Gasteiger partial charge in [0.25, 0.3) is 0 Å². The van der Waals surface area contributed by atoms with Crippen LogP contribution in [0.2, 0.25) is 0 Å². The van der Waals surface area contributed by atoms with Crippen molar-refractivity contribution in [2.75, 3.05) is 12.9 Å². The molecule has 110 valence electrons. The lowest BCUT2D eigenvalue weighted by Gasteiger charge is -2.12. The summed E-state index contributed by atoms with van der Waals surface area (Å²) in [5.41, 5.74) is -0.125. The van der Waals surface area contributed by atoms with Crippen molar-refractivity contribution in [1.82, 2.24) is 0 Å². The number of methoxy groups -OCH3 is 1. The lowest BCUT2D eigenvalue weighted by Crippen LogP contribution is -2.15. The Balaban J connectivity index is 2.31.